The Morgan fingerprint density at radius 2 is 1.95 bits per heavy atom. The van der Waals surface area contributed by atoms with E-state index in [-0.39, 0.29) is 0 Å². The summed E-state index contributed by atoms with van der Waals surface area (Å²) in [5.74, 6) is 2.72. The summed E-state index contributed by atoms with van der Waals surface area (Å²) in [6, 6.07) is 2.53. The van der Waals surface area contributed by atoms with Gasteiger partial charge in [0, 0.05) is 12.0 Å². The highest BCUT2D eigenvalue weighted by Crippen LogP contribution is 2.48. The highest BCUT2D eigenvalue weighted by atomic mass is 28.3. The van der Waals surface area contributed by atoms with Crippen LogP contribution in [-0.4, -0.2) is 28.4 Å². The first kappa shape index (κ1) is 16.7. The molecule has 1 saturated heterocycles. The molecule has 0 N–H and O–H groups in total. The van der Waals surface area contributed by atoms with Gasteiger partial charge in [-0.05, 0) is 61.9 Å². The zero-order chi connectivity index (χ0) is 15.6. The lowest BCUT2D eigenvalue weighted by Gasteiger charge is -2.50. The van der Waals surface area contributed by atoms with Gasteiger partial charge in [0.2, 0.25) is 0 Å². The second-order valence-electron chi connectivity index (χ2n) is 7.88. The van der Waals surface area contributed by atoms with Crippen LogP contribution in [0.15, 0.2) is 12.2 Å². The zero-order valence-corrected chi connectivity index (χ0v) is 15.9. The Morgan fingerprint density at radius 3 is 2.45 bits per heavy atom. The monoisotopic (exact) mass is 322 g/mol. The zero-order valence-electron chi connectivity index (χ0n) is 14.7. The molecule has 126 valence electrons. The fourth-order valence-electron chi connectivity index (χ4n) is 4.79. The quantitative estimate of drug-likeness (QED) is 0.458. The van der Waals surface area contributed by atoms with Crippen LogP contribution in [0.2, 0.25) is 12.1 Å². The summed E-state index contributed by atoms with van der Waals surface area (Å²) in [6.07, 6.45) is 12.1. The molecule has 2 nitrogen and oxygen atoms in total. The number of ether oxygens (including phenoxy) is 1. The first-order valence-corrected chi connectivity index (χ1v) is 11.7. The molecule has 0 aromatic rings. The third-order valence-corrected chi connectivity index (χ3v) is 9.15. The van der Waals surface area contributed by atoms with Gasteiger partial charge in [0.05, 0.1) is 12.7 Å². The number of hydrogen-bond acceptors (Lipinski definition) is 2. The molecule has 22 heavy (non-hydrogen) atoms. The van der Waals surface area contributed by atoms with Crippen LogP contribution in [0.5, 0.6) is 0 Å². The molecular formula is C19H34O2Si. The van der Waals surface area contributed by atoms with Gasteiger partial charge in [0.15, 0.2) is 9.04 Å². The summed E-state index contributed by atoms with van der Waals surface area (Å²) in [5, 5.41) is 0. The predicted octanol–water partition coefficient (Wildman–Crippen LogP) is 4.55. The van der Waals surface area contributed by atoms with Crippen molar-refractivity contribution in [3.05, 3.63) is 12.2 Å². The van der Waals surface area contributed by atoms with Crippen molar-refractivity contribution >= 4 is 9.04 Å². The standard InChI is InChI=1S/C19H34O2Si/c1-4-19(14-21-22(5-2)6-3)13-20-18(19)10-9-17-12-15-7-8-16(17)11-15/h7-8,15-18,22H,4-6,9-14H2,1-3H3. The summed E-state index contributed by atoms with van der Waals surface area (Å²) < 4.78 is 12.3. The number of hydrogen-bond donors (Lipinski definition) is 0. The van der Waals surface area contributed by atoms with Crippen molar-refractivity contribution in [3.63, 3.8) is 0 Å². The van der Waals surface area contributed by atoms with Crippen molar-refractivity contribution in [1.29, 1.82) is 0 Å². The predicted molar refractivity (Wildman–Crippen MR) is 94.6 cm³/mol. The van der Waals surface area contributed by atoms with Crippen LogP contribution in [0, 0.1) is 23.2 Å². The summed E-state index contributed by atoms with van der Waals surface area (Å²) in [6.45, 7) is 8.79. The maximum absolute atomic E-state index is 6.34. The molecule has 0 radical (unpaired) electrons. The molecule has 3 heteroatoms. The molecule has 0 aromatic heterocycles. The molecule has 1 heterocycles. The highest BCUT2D eigenvalue weighted by Gasteiger charge is 2.47. The lowest BCUT2D eigenvalue weighted by atomic mass is 9.73. The molecule has 2 bridgehead atoms. The van der Waals surface area contributed by atoms with E-state index in [0.29, 0.717) is 11.5 Å². The minimum absolute atomic E-state index is 0.336. The van der Waals surface area contributed by atoms with Gasteiger partial charge in [-0.15, -0.1) is 0 Å². The molecule has 5 atom stereocenters. The second kappa shape index (κ2) is 7.19. The van der Waals surface area contributed by atoms with Crippen molar-refractivity contribution < 1.29 is 9.16 Å². The molecule has 3 rings (SSSR count). The topological polar surface area (TPSA) is 18.5 Å². The molecule has 3 aliphatic rings. The van der Waals surface area contributed by atoms with Gasteiger partial charge >= 0.3 is 0 Å². The van der Waals surface area contributed by atoms with Crippen molar-refractivity contribution in [1.82, 2.24) is 0 Å². The van der Waals surface area contributed by atoms with Gasteiger partial charge in [-0.2, -0.15) is 0 Å². The van der Waals surface area contributed by atoms with Gasteiger partial charge in [-0.3, -0.25) is 0 Å². The van der Waals surface area contributed by atoms with Crippen LogP contribution in [0.3, 0.4) is 0 Å². The Labute approximate surface area is 138 Å². The molecule has 2 aliphatic carbocycles. The molecule has 0 spiro atoms. The van der Waals surface area contributed by atoms with E-state index in [0.717, 1.165) is 31.0 Å². The van der Waals surface area contributed by atoms with Crippen molar-refractivity contribution in [2.75, 3.05) is 13.2 Å². The van der Waals surface area contributed by atoms with E-state index < -0.39 is 9.04 Å². The van der Waals surface area contributed by atoms with Gasteiger partial charge in [-0.25, -0.2) is 0 Å². The molecule has 2 fully saturated rings. The van der Waals surface area contributed by atoms with Crippen molar-refractivity contribution in [2.24, 2.45) is 23.2 Å². The Balaban J connectivity index is 1.47. The molecule has 1 saturated carbocycles. The van der Waals surface area contributed by atoms with Crippen molar-refractivity contribution in [3.8, 4) is 0 Å². The minimum atomic E-state index is -0.929. The van der Waals surface area contributed by atoms with E-state index in [2.05, 4.69) is 32.9 Å². The van der Waals surface area contributed by atoms with Gasteiger partial charge in [-0.1, -0.05) is 32.9 Å². The summed E-state index contributed by atoms with van der Waals surface area (Å²) in [5.41, 5.74) is 0.336. The van der Waals surface area contributed by atoms with Crippen molar-refractivity contribution in [2.45, 2.75) is 71.1 Å². The maximum atomic E-state index is 6.34. The van der Waals surface area contributed by atoms with E-state index in [4.69, 9.17) is 9.16 Å². The number of rotatable bonds is 9. The molecule has 5 unspecified atom stereocenters. The Morgan fingerprint density at radius 1 is 1.14 bits per heavy atom. The third kappa shape index (κ3) is 3.22. The fraction of sp³-hybridized carbons (Fsp3) is 0.895. The maximum Gasteiger partial charge on any atom is 0.176 e. The van der Waals surface area contributed by atoms with E-state index in [9.17, 15) is 0 Å². The first-order valence-electron chi connectivity index (χ1n) is 9.62. The molecule has 0 aromatic carbocycles. The van der Waals surface area contributed by atoms with Crippen LogP contribution in [0.1, 0.15) is 52.9 Å². The van der Waals surface area contributed by atoms with E-state index >= 15 is 0 Å². The normalized spacial score (nSPS) is 39.6. The van der Waals surface area contributed by atoms with Crippen LogP contribution >= 0.6 is 0 Å². The van der Waals surface area contributed by atoms with Crippen LogP contribution in [-0.2, 0) is 9.16 Å². The Bertz CT molecular complexity index is 389. The summed E-state index contributed by atoms with van der Waals surface area (Å²) in [4.78, 5) is 0. The lowest BCUT2D eigenvalue weighted by Crippen LogP contribution is -2.55. The summed E-state index contributed by atoms with van der Waals surface area (Å²) in [7, 11) is -0.929. The van der Waals surface area contributed by atoms with E-state index in [1.165, 1.54) is 44.2 Å². The van der Waals surface area contributed by atoms with Crippen LogP contribution in [0.25, 0.3) is 0 Å². The lowest BCUT2D eigenvalue weighted by molar-refractivity contribution is -0.206. The fourth-order valence-corrected chi connectivity index (χ4v) is 6.41. The van der Waals surface area contributed by atoms with E-state index in [1.54, 1.807) is 0 Å². The van der Waals surface area contributed by atoms with Crippen LogP contribution < -0.4 is 0 Å². The van der Waals surface area contributed by atoms with Gasteiger partial charge in [0.1, 0.15) is 0 Å². The van der Waals surface area contributed by atoms with Crippen LogP contribution in [0.4, 0.5) is 0 Å². The molecular weight excluding hydrogens is 288 g/mol. The average Bonchev–Trinajstić information content (AvgIpc) is 3.14. The third-order valence-electron chi connectivity index (χ3n) is 6.69. The first-order chi connectivity index (χ1) is 10.7. The van der Waals surface area contributed by atoms with Gasteiger partial charge in [0.25, 0.3) is 0 Å². The minimum Gasteiger partial charge on any atom is -0.419 e. The SMILES string of the molecule is CC[SiH](CC)OCC1(CC)COC1CCC1CC2C=CC1C2. The number of fused-ring (bicyclic) bond motifs is 2. The number of allylic oxidation sites excluding steroid dienone is 2. The average molecular weight is 323 g/mol. The smallest absolute Gasteiger partial charge is 0.176 e. The highest BCUT2D eigenvalue weighted by molar-refractivity contribution is 6.51. The molecule has 0 amide bonds. The Kier molecular flexibility index (Phi) is 5.46. The van der Waals surface area contributed by atoms with Gasteiger partial charge < -0.3 is 9.16 Å². The molecule has 1 aliphatic heterocycles. The second-order valence-corrected chi connectivity index (χ2v) is 11.1. The largest absolute Gasteiger partial charge is 0.419 e. The Hall–Kier alpha value is -0.123. The summed E-state index contributed by atoms with van der Waals surface area (Å²) >= 11 is 0. The van der Waals surface area contributed by atoms with E-state index in [1.807, 2.05) is 0 Å².